The number of rotatable bonds is 6. The number of aryl methyl sites for hydroxylation is 6. The second kappa shape index (κ2) is 37.4. The summed E-state index contributed by atoms with van der Waals surface area (Å²) in [5, 5.41) is 46.0. The zero-order valence-corrected chi connectivity index (χ0v) is 49.3. The van der Waals surface area contributed by atoms with Gasteiger partial charge in [0.05, 0.1) is 20.8 Å². The van der Waals surface area contributed by atoms with Crippen LogP contribution in [-0.4, -0.2) is 74.1 Å². The molecule has 6 aromatic rings. The third-order valence-corrected chi connectivity index (χ3v) is 12.5. The molecule has 2 atom stereocenters. The number of para-hydroxylation sites is 3. The number of hydrogen-bond donors (Lipinski definition) is 3. The summed E-state index contributed by atoms with van der Waals surface area (Å²) in [4.78, 5) is 116. The van der Waals surface area contributed by atoms with Crippen molar-refractivity contribution in [1.29, 1.82) is 0 Å². The normalized spacial score (nSPS) is 12.6. The first-order valence-electron chi connectivity index (χ1n) is 25.0. The fourth-order valence-electron chi connectivity index (χ4n) is 8.20. The van der Waals surface area contributed by atoms with Gasteiger partial charge >= 0.3 is 24.4 Å². The molecule has 444 valence electrons. The molecule has 0 radical (unpaired) electrons. The fraction of sp³-hybridized carbons (Fsp3) is 0.267. The van der Waals surface area contributed by atoms with E-state index in [1.165, 1.54) is 71.2 Å². The van der Waals surface area contributed by atoms with Crippen LogP contribution in [0.15, 0.2) is 121 Å². The molecule has 0 saturated carbocycles. The largest absolute Gasteiger partial charge is 1.00 e. The van der Waals surface area contributed by atoms with Crippen LogP contribution in [0.2, 0.25) is 0 Å². The predicted molar refractivity (Wildman–Crippen MR) is 307 cm³/mol. The van der Waals surface area contributed by atoms with E-state index in [9.17, 15) is 44.7 Å². The van der Waals surface area contributed by atoms with Gasteiger partial charge in [-0.15, -0.1) is 6.58 Å². The number of amides is 1. The molecule has 0 fully saturated rings. The predicted octanol–water partition coefficient (Wildman–Crippen LogP) is 7.62. The van der Waals surface area contributed by atoms with Gasteiger partial charge < -0.3 is 33.0 Å². The second-order valence-electron chi connectivity index (χ2n) is 18.9. The summed E-state index contributed by atoms with van der Waals surface area (Å²) in [7, 11) is 0. The third kappa shape index (κ3) is 23.4. The minimum atomic E-state index is -1.28. The third-order valence-electron chi connectivity index (χ3n) is 12.3. The SMILES string of the molecule is C=C(C)C.CC1Cc2ccccc2[NH2+]1.Cc1cc(C(=O)Cl)c([N+](=O)[O-])cc1C.Cc1cc(C(=O)N2c3ccccc3CC2C)c([N+](=O)[O-])cc1C.Cc1cc(C(=O)O)c([N+](=O)[O-])cc1C.O=C=O.O=C=O.O=C=O.[Cl-].c1ccc2c(c1)CCN2. The molecule has 9 rings (SSSR count). The number of nitro benzene ring substituents is 3. The Morgan fingerprint density at radius 1 is 0.607 bits per heavy atom. The Bertz CT molecular complexity index is 3190. The van der Waals surface area contributed by atoms with Crippen LogP contribution in [0.5, 0.6) is 0 Å². The van der Waals surface area contributed by atoms with Crippen LogP contribution >= 0.6 is 11.6 Å². The molecule has 6 aromatic carbocycles. The van der Waals surface area contributed by atoms with E-state index in [1.54, 1.807) is 38.7 Å². The smallest absolute Gasteiger partial charge is 0.373 e. The first-order chi connectivity index (χ1) is 39.1. The highest BCUT2D eigenvalue weighted by Gasteiger charge is 2.35. The number of carbonyl (C=O) groups is 3. The summed E-state index contributed by atoms with van der Waals surface area (Å²) in [5.41, 5.74) is 12.6. The van der Waals surface area contributed by atoms with Crippen LogP contribution in [0.3, 0.4) is 0 Å². The molecule has 1 amide bonds. The van der Waals surface area contributed by atoms with Crippen molar-refractivity contribution >= 4 is 81.3 Å². The number of quaternary nitrogens is 1. The number of carboxylic acid groups (broad SMARTS) is 1. The number of carbonyl (C=O) groups excluding carboxylic acids is 8. The number of nitrogens with zero attached hydrogens (tertiary/aromatic N) is 4. The van der Waals surface area contributed by atoms with Gasteiger partial charge in [-0.2, -0.15) is 28.8 Å². The number of fused-ring (bicyclic) bond motifs is 3. The summed E-state index contributed by atoms with van der Waals surface area (Å²) < 4.78 is 0. The van der Waals surface area contributed by atoms with E-state index >= 15 is 0 Å². The summed E-state index contributed by atoms with van der Waals surface area (Å²) in [6.45, 7) is 23.4. The summed E-state index contributed by atoms with van der Waals surface area (Å²) >= 11 is 5.23. The van der Waals surface area contributed by atoms with Crippen LogP contribution < -0.4 is 27.9 Å². The monoisotopic (exact) mass is 1190 g/mol. The van der Waals surface area contributed by atoms with Gasteiger partial charge in [0.25, 0.3) is 28.2 Å². The van der Waals surface area contributed by atoms with Crippen molar-refractivity contribution in [3.05, 3.63) is 218 Å². The van der Waals surface area contributed by atoms with Gasteiger partial charge in [-0.05, 0) is 175 Å². The van der Waals surface area contributed by atoms with E-state index in [1.807, 2.05) is 58.9 Å². The molecule has 3 heterocycles. The van der Waals surface area contributed by atoms with Gasteiger partial charge in [-0.1, -0.05) is 60.2 Å². The number of nitrogens with two attached hydrogens (primary N) is 1. The summed E-state index contributed by atoms with van der Waals surface area (Å²) in [6.07, 6.45) is 3.94. The number of halogens is 2. The van der Waals surface area contributed by atoms with Crippen molar-refractivity contribution in [2.45, 2.75) is 101 Å². The molecular weight excluding hydrogens is 1130 g/mol. The highest BCUT2D eigenvalue weighted by Crippen LogP contribution is 2.35. The first-order valence-corrected chi connectivity index (χ1v) is 25.4. The van der Waals surface area contributed by atoms with E-state index < -0.39 is 26.0 Å². The number of anilines is 2. The molecular formula is C60H64Cl2N6O16. The lowest BCUT2D eigenvalue weighted by Crippen LogP contribution is -3.00. The zero-order chi connectivity index (χ0) is 63.3. The fourth-order valence-corrected chi connectivity index (χ4v) is 8.35. The highest BCUT2D eigenvalue weighted by molar-refractivity contribution is 6.68. The van der Waals surface area contributed by atoms with Gasteiger partial charge in [0.2, 0.25) is 0 Å². The highest BCUT2D eigenvalue weighted by atomic mass is 35.5. The minimum Gasteiger partial charge on any atom is -1.00 e. The molecule has 84 heavy (non-hydrogen) atoms. The number of nitrogens with one attached hydrogen (secondary N) is 1. The number of carboxylic acids is 1. The number of aromatic carboxylic acids is 1. The molecule has 3 aliphatic heterocycles. The van der Waals surface area contributed by atoms with Crippen molar-refractivity contribution in [3.63, 3.8) is 0 Å². The van der Waals surface area contributed by atoms with Gasteiger partial charge in [0.1, 0.15) is 22.4 Å². The molecule has 24 heteroatoms. The lowest BCUT2D eigenvalue weighted by molar-refractivity contribution is -0.596. The van der Waals surface area contributed by atoms with Gasteiger partial charge in [0.15, 0.2) is 0 Å². The molecule has 0 bridgehead atoms. The minimum absolute atomic E-state index is 0. The Morgan fingerprint density at radius 3 is 1.40 bits per heavy atom. The Morgan fingerprint density at radius 2 is 0.976 bits per heavy atom. The molecule has 3 aliphatic rings. The molecule has 0 spiro atoms. The topological polar surface area (TPSA) is 335 Å². The lowest BCUT2D eigenvalue weighted by atomic mass is 10.0. The van der Waals surface area contributed by atoms with Crippen LogP contribution in [0.25, 0.3) is 0 Å². The Kier molecular flexibility index (Phi) is 33.1. The molecule has 2 unspecified atom stereocenters. The number of allylic oxidation sites excluding steroid dienone is 1. The van der Waals surface area contributed by atoms with Gasteiger partial charge in [-0.25, -0.2) is 4.79 Å². The van der Waals surface area contributed by atoms with E-state index in [4.69, 9.17) is 45.5 Å². The van der Waals surface area contributed by atoms with E-state index in [0.717, 1.165) is 58.1 Å². The van der Waals surface area contributed by atoms with Crippen LogP contribution in [0, 0.1) is 71.9 Å². The Balaban J connectivity index is 0.000000999. The zero-order valence-electron chi connectivity index (χ0n) is 47.8. The Hall–Kier alpha value is -9.65. The van der Waals surface area contributed by atoms with Crippen LogP contribution in [-0.2, 0) is 48.0 Å². The van der Waals surface area contributed by atoms with E-state index in [2.05, 4.69) is 72.7 Å². The molecule has 0 aliphatic carbocycles. The molecule has 0 saturated heterocycles. The summed E-state index contributed by atoms with van der Waals surface area (Å²) in [5.74, 6) is -1.59. The van der Waals surface area contributed by atoms with Crippen molar-refractivity contribution in [2.24, 2.45) is 0 Å². The second-order valence-corrected chi connectivity index (χ2v) is 19.2. The van der Waals surface area contributed by atoms with Crippen molar-refractivity contribution in [1.82, 2.24) is 0 Å². The van der Waals surface area contributed by atoms with Crippen LogP contribution in [0.4, 0.5) is 34.1 Å². The summed E-state index contributed by atoms with van der Waals surface area (Å²) in [6, 6.07) is 34.0. The van der Waals surface area contributed by atoms with Gasteiger partial charge in [-0.3, -0.25) is 39.9 Å². The average Bonchev–Trinajstić information content (AvgIpc) is 2.98. The van der Waals surface area contributed by atoms with E-state index in [-0.39, 0.29) is 76.6 Å². The van der Waals surface area contributed by atoms with Crippen molar-refractivity contribution < 1.29 is 80.8 Å². The maximum Gasteiger partial charge on any atom is 0.373 e. The average molecular weight is 1200 g/mol. The lowest BCUT2D eigenvalue weighted by Gasteiger charge is -2.23. The molecule has 0 aromatic heterocycles. The van der Waals surface area contributed by atoms with E-state index in [0.29, 0.717) is 5.56 Å². The maximum atomic E-state index is 13.0. The maximum absolute atomic E-state index is 13.0. The number of nitro groups is 3. The van der Waals surface area contributed by atoms with Crippen molar-refractivity contribution in [3.8, 4) is 0 Å². The first kappa shape index (κ1) is 74.3. The standard InChI is InChI=1S/C18H18N2O3.C9H8ClNO3.C9H9NO4.C9H11N.C8H9N.C4H8.3CO2.ClH/c1-11-8-15(17(20(22)23)9-12(11)2)18(21)19-13(3)10-14-6-4-5-7-16(14)19;1-5-3-7(9(10)12)8(11(13)14)4-6(5)2;1-5-3-7(9(11)12)8(10(13)14)4-6(5)2;1-7-6-8-4-2-3-5-9(8)10-7;1-2-4-8-7(3-1)5-6-9-8;1-4(2)3;3*2-1-3;/h4-9,13H,10H2,1-3H3;3-4H,1-2H3;3-4H,1-2H3,(H,11,12);2-5,7,10H,6H2,1H3;1-4,9H,5-6H2;1H2,2-3H3;;;;1H. The van der Waals surface area contributed by atoms with Crippen molar-refractivity contribution in [2.75, 3.05) is 16.8 Å². The quantitative estimate of drug-likeness (QED) is 0.0474. The Labute approximate surface area is 495 Å². The number of benzene rings is 6. The molecule has 22 nitrogen and oxygen atoms in total. The number of hydrogen-bond acceptors (Lipinski definition) is 16. The van der Waals surface area contributed by atoms with Crippen LogP contribution in [0.1, 0.15) is 109 Å². The molecule has 4 N–H and O–H groups in total. The van der Waals surface area contributed by atoms with Gasteiger partial charge in [0, 0.05) is 54.1 Å².